The SMILES string of the molecule is C=C/C(F)=C(/CNc1cc(-c2ccc(C#N)cc2-c2nncn2C)cc(C2CC2)c1)C(C)C. The lowest BCUT2D eigenvalue weighted by Gasteiger charge is -2.17. The molecular formula is C27H28FN5. The van der Waals surface area contributed by atoms with Crippen LogP contribution in [0.2, 0.25) is 0 Å². The number of anilines is 1. The summed E-state index contributed by atoms with van der Waals surface area (Å²) in [5.41, 5.74) is 6.34. The first kappa shape index (κ1) is 22.5. The van der Waals surface area contributed by atoms with Gasteiger partial charge in [0.05, 0.1) is 11.6 Å². The van der Waals surface area contributed by atoms with Crippen molar-refractivity contribution in [1.82, 2.24) is 14.8 Å². The molecule has 3 aromatic rings. The predicted octanol–water partition coefficient (Wildman–Crippen LogP) is 6.38. The van der Waals surface area contributed by atoms with Crippen LogP contribution in [0.1, 0.15) is 43.7 Å². The average molecular weight is 442 g/mol. The van der Waals surface area contributed by atoms with Gasteiger partial charge in [0, 0.05) is 24.8 Å². The van der Waals surface area contributed by atoms with Crippen molar-refractivity contribution in [1.29, 1.82) is 5.26 Å². The molecule has 1 aliphatic rings. The normalized spacial score (nSPS) is 14.1. The smallest absolute Gasteiger partial charge is 0.164 e. The van der Waals surface area contributed by atoms with Crippen molar-refractivity contribution >= 4 is 5.69 Å². The number of hydrogen-bond acceptors (Lipinski definition) is 4. The number of aromatic nitrogens is 3. The summed E-state index contributed by atoms with van der Waals surface area (Å²) in [6.07, 6.45) is 5.27. The third-order valence-electron chi connectivity index (χ3n) is 6.08. The molecule has 1 fully saturated rings. The lowest BCUT2D eigenvalue weighted by atomic mass is 9.94. The van der Waals surface area contributed by atoms with Crippen LogP contribution in [0, 0.1) is 17.2 Å². The van der Waals surface area contributed by atoms with Crippen LogP contribution in [-0.4, -0.2) is 21.3 Å². The van der Waals surface area contributed by atoms with Crippen LogP contribution in [0.5, 0.6) is 0 Å². The monoisotopic (exact) mass is 441 g/mol. The maximum Gasteiger partial charge on any atom is 0.164 e. The molecule has 0 saturated heterocycles. The standard InChI is InChI=1S/C27H28FN5/c1-5-26(28)25(17(2)3)15-30-22-12-20(19-7-8-19)11-21(13-22)23-9-6-18(14-29)10-24(23)27-32-31-16-33(27)4/h5-6,9-13,16-17,19,30H,1,7-8,15H2,2-4H3/b26-25+. The Morgan fingerprint density at radius 3 is 2.67 bits per heavy atom. The summed E-state index contributed by atoms with van der Waals surface area (Å²) in [6.45, 7) is 7.95. The predicted molar refractivity (Wildman–Crippen MR) is 130 cm³/mol. The second-order valence-electron chi connectivity index (χ2n) is 8.84. The third-order valence-corrected chi connectivity index (χ3v) is 6.08. The van der Waals surface area contributed by atoms with Crippen LogP contribution in [0.25, 0.3) is 22.5 Å². The highest BCUT2D eigenvalue weighted by molar-refractivity contribution is 5.83. The first-order chi connectivity index (χ1) is 15.9. The van der Waals surface area contributed by atoms with Gasteiger partial charge in [0.15, 0.2) is 5.82 Å². The number of nitrogens with one attached hydrogen (secondary N) is 1. The molecule has 168 valence electrons. The van der Waals surface area contributed by atoms with Crippen molar-refractivity contribution in [3.63, 3.8) is 0 Å². The molecule has 1 aliphatic carbocycles. The van der Waals surface area contributed by atoms with Gasteiger partial charge in [-0.1, -0.05) is 32.6 Å². The summed E-state index contributed by atoms with van der Waals surface area (Å²) in [6, 6.07) is 14.3. The maximum atomic E-state index is 14.3. The molecule has 0 bridgehead atoms. The minimum absolute atomic E-state index is 0.0719. The third kappa shape index (κ3) is 4.88. The molecule has 33 heavy (non-hydrogen) atoms. The molecule has 1 heterocycles. The molecule has 1 N–H and O–H groups in total. The highest BCUT2D eigenvalue weighted by Crippen LogP contribution is 2.43. The summed E-state index contributed by atoms with van der Waals surface area (Å²) in [5.74, 6) is 1.05. The van der Waals surface area contributed by atoms with Gasteiger partial charge in [-0.3, -0.25) is 0 Å². The van der Waals surface area contributed by atoms with Gasteiger partial charge in [0.2, 0.25) is 0 Å². The van der Waals surface area contributed by atoms with Crippen molar-refractivity contribution in [2.24, 2.45) is 13.0 Å². The highest BCUT2D eigenvalue weighted by atomic mass is 19.1. The van der Waals surface area contributed by atoms with E-state index in [4.69, 9.17) is 0 Å². The molecule has 1 saturated carbocycles. The van der Waals surface area contributed by atoms with Crippen molar-refractivity contribution in [3.8, 4) is 28.6 Å². The lowest BCUT2D eigenvalue weighted by molar-refractivity contribution is 0.614. The highest BCUT2D eigenvalue weighted by Gasteiger charge is 2.25. The van der Waals surface area contributed by atoms with Gasteiger partial charge in [-0.05, 0) is 77.3 Å². The molecule has 0 radical (unpaired) electrons. The number of nitrogens with zero attached hydrogens (tertiary/aromatic N) is 4. The molecule has 0 unspecified atom stereocenters. The number of nitriles is 1. The van der Waals surface area contributed by atoms with Gasteiger partial charge in [-0.2, -0.15) is 5.26 Å². The topological polar surface area (TPSA) is 66.5 Å². The van der Waals surface area contributed by atoms with E-state index in [9.17, 15) is 9.65 Å². The molecule has 1 aromatic heterocycles. The summed E-state index contributed by atoms with van der Waals surface area (Å²) in [7, 11) is 1.89. The molecule has 5 nitrogen and oxygen atoms in total. The zero-order valence-electron chi connectivity index (χ0n) is 19.3. The molecule has 0 atom stereocenters. The number of hydrogen-bond donors (Lipinski definition) is 1. The largest absolute Gasteiger partial charge is 0.381 e. The van der Waals surface area contributed by atoms with Gasteiger partial charge in [-0.15, -0.1) is 10.2 Å². The van der Waals surface area contributed by atoms with Crippen LogP contribution in [-0.2, 0) is 7.05 Å². The number of allylic oxidation sites excluding steroid dienone is 2. The molecule has 4 rings (SSSR count). The van der Waals surface area contributed by atoms with E-state index in [0.717, 1.165) is 22.4 Å². The zero-order valence-corrected chi connectivity index (χ0v) is 19.3. The second kappa shape index (κ2) is 9.41. The van der Waals surface area contributed by atoms with Gasteiger partial charge < -0.3 is 9.88 Å². The fourth-order valence-electron chi connectivity index (χ4n) is 4.03. The van der Waals surface area contributed by atoms with E-state index in [1.54, 1.807) is 6.33 Å². The second-order valence-corrected chi connectivity index (χ2v) is 8.84. The Bertz CT molecular complexity index is 1260. The number of aryl methyl sites for hydroxylation is 1. The van der Waals surface area contributed by atoms with Crippen molar-refractivity contribution in [3.05, 3.63) is 77.9 Å². The minimum atomic E-state index is -0.271. The van der Waals surface area contributed by atoms with E-state index in [2.05, 4.69) is 46.4 Å². The van der Waals surface area contributed by atoms with E-state index in [0.29, 0.717) is 29.4 Å². The van der Waals surface area contributed by atoms with Crippen molar-refractivity contribution in [2.75, 3.05) is 11.9 Å². The van der Waals surface area contributed by atoms with E-state index in [1.165, 1.54) is 24.5 Å². The number of rotatable bonds is 8. The Hall–Kier alpha value is -3.72. The fourth-order valence-corrected chi connectivity index (χ4v) is 4.03. The first-order valence-corrected chi connectivity index (χ1v) is 11.2. The molecule has 6 heteroatoms. The number of benzene rings is 2. The molecule has 0 aliphatic heterocycles. The summed E-state index contributed by atoms with van der Waals surface area (Å²) >= 11 is 0. The van der Waals surface area contributed by atoms with Crippen LogP contribution >= 0.6 is 0 Å². The Labute approximate surface area is 194 Å². The van der Waals surface area contributed by atoms with Gasteiger partial charge in [0.1, 0.15) is 12.2 Å². The van der Waals surface area contributed by atoms with Crippen LogP contribution in [0.4, 0.5) is 10.1 Å². The number of halogens is 1. The Kier molecular flexibility index (Phi) is 6.41. The van der Waals surface area contributed by atoms with E-state index in [1.807, 2.05) is 43.7 Å². The molecular weight excluding hydrogens is 413 g/mol. The van der Waals surface area contributed by atoms with Gasteiger partial charge in [0.25, 0.3) is 0 Å². The van der Waals surface area contributed by atoms with Crippen LogP contribution in [0.15, 0.2) is 66.8 Å². The van der Waals surface area contributed by atoms with E-state index < -0.39 is 0 Å². The zero-order chi connectivity index (χ0) is 23.5. The molecule has 0 amide bonds. The first-order valence-electron chi connectivity index (χ1n) is 11.2. The average Bonchev–Trinajstić information content (AvgIpc) is 3.59. The fraction of sp³-hybridized carbons (Fsp3) is 0.296. The minimum Gasteiger partial charge on any atom is -0.381 e. The Balaban J connectivity index is 1.78. The van der Waals surface area contributed by atoms with Crippen molar-refractivity contribution in [2.45, 2.75) is 32.6 Å². The molecule has 2 aromatic carbocycles. The maximum absolute atomic E-state index is 14.3. The van der Waals surface area contributed by atoms with Crippen LogP contribution in [0.3, 0.4) is 0 Å². The van der Waals surface area contributed by atoms with Crippen molar-refractivity contribution < 1.29 is 4.39 Å². The lowest BCUT2D eigenvalue weighted by Crippen LogP contribution is -2.11. The van der Waals surface area contributed by atoms with Gasteiger partial charge in [-0.25, -0.2) is 4.39 Å². The Morgan fingerprint density at radius 2 is 2.06 bits per heavy atom. The quantitative estimate of drug-likeness (QED) is 0.412. The summed E-state index contributed by atoms with van der Waals surface area (Å²) in [5, 5.41) is 21.2. The van der Waals surface area contributed by atoms with E-state index in [-0.39, 0.29) is 11.7 Å². The summed E-state index contributed by atoms with van der Waals surface area (Å²) in [4.78, 5) is 0. The summed E-state index contributed by atoms with van der Waals surface area (Å²) < 4.78 is 16.2. The van der Waals surface area contributed by atoms with Crippen LogP contribution < -0.4 is 5.32 Å². The van der Waals surface area contributed by atoms with E-state index >= 15 is 0 Å². The molecule has 0 spiro atoms. The van der Waals surface area contributed by atoms with Gasteiger partial charge >= 0.3 is 0 Å². The Morgan fingerprint density at radius 1 is 1.27 bits per heavy atom.